The van der Waals surface area contributed by atoms with Gasteiger partial charge in [-0.3, -0.25) is 9.59 Å². The van der Waals surface area contributed by atoms with Crippen LogP contribution in [0.2, 0.25) is 0 Å². The van der Waals surface area contributed by atoms with E-state index < -0.39 is 36.0 Å². The smallest absolute Gasteiger partial charge is 0.315 e. The highest BCUT2D eigenvalue weighted by molar-refractivity contribution is 5.91. The monoisotopic (exact) mass is 746 g/mol. The number of aliphatic hydroxyl groups is 1. The summed E-state index contributed by atoms with van der Waals surface area (Å²) in [4.78, 5) is 48.7. The second-order valence-corrected chi connectivity index (χ2v) is 15.2. The molecule has 0 aliphatic heterocycles. The number of rotatable bonds is 19. The van der Waals surface area contributed by atoms with Gasteiger partial charge in [-0.25, -0.2) is 9.78 Å². The lowest BCUT2D eigenvalue weighted by atomic mass is 9.81. The topological polar surface area (TPSA) is 148 Å². The van der Waals surface area contributed by atoms with Gasteiger partial charge < -0.3 is 31.4 Å². The van der Waals surface area contributed by atoms with E-state index in [0.29, 0.717) is 42.5 Å². The SMILES string of the molecule is C=C[C@H](C[C@H](O)[C@H](CC1CCCCC1)NC(=O)[C@H](Cc1c[nH]cn1)NC(=O)[C@@H](CNC(=O)NCc1ccc(-c2ccccc2)cc1)c1ccccc1)C(C)C. The third-order valence-electron chi connectivity index (χ3n) is 10.9. The van der Waals surface area contributed by atoms with Crippen molar-refractivity contribution in [2.45, 2.75) is 95.9 Å². The van der Waals surface area contributed by atoms with Crippen molar-refractivity contribution < 1.29 is 19.5 Å². The Balaban J connectivity index is 1.26. The highest BCUT2D eigenvalue weighted by Gasteiger charge is 2.33. The maximum atomic E-state index is 14.2. The molecule has 4 amide bonds. The van der Waals surface area contributed by atoms with E-state index in [1.54, 1.807) is 6.20 Å². The molecule has 0 radical (unpaired) electrons. The van der Waals surface area contributed by atoms with Gasteiger partial charge in [0.2, 0.25) is 11.8 Å². The number of imidazole rings is 1. The van der Waals surface area contributed by atoms with Crippen LogP contribution in [0.25, 0.3) is 11.1 Å². The molecule has 1 aliphatic carbocycles. The second kappa shape index (κ2) is 21.0. The summed E-state index contributed by atoms with van der Waals surface area (Å²) in [5.74, 6) is -0.780. The van der Waals surface area contributed by atoms with Crippen molar-refractivity contribution in [3.63, 3.8) is 0 Å². The number of hydrogen-bond acceptors (Lipinski definition) is 5. The van der Waals surface area contributed by atoms with E-state index >= 15 is 0 Å². The fraction of sp³-hybridized carbons (Fsp3) is 0.422. The van der Waals surface area contributed by atoms with Crippen molar-refractivity contribution in [3.8, 4) is 11.1 Å². The number of aliphatic hydroxyl groups excluding tert-OH is 1. The molecule has 1 heterocycles. The van der Waals surface area contributed by atoms with E-state index in [9.17, 15) is 19.5 Å². The van der Waals surface area contributed by atoms with Gasteiger partial charge in [0.15, 0.2) is 0 Å². The van der Waals surface area contributed by atoms with Gasteiger partial charge in [-0.1, -0.05) is 137 Å². The molecule has 6 N–H and O–H groups in total. The highest BCUT2D eigenvalue weighted by Crippen LogP contribution is 2.30. The summed E-state index contributed by atoms with van der Waals surface area (Å²) in [5, 5.41) is 23.5. The molecule has 0 bridgehead atoms. The van der Waals surface area contributed by atoms with Crippen LogP contribution in [-0.2, 0) is 22.6 Å². The van der Waals surface area contributed by atoms with E-state index in [1.807, 2.05) is 78.9 Å². The number of H-pyrrole nitrogens is 1. The molecule has 5 atom stereocenters. The lowest BCUT2D eigenvalue weighted by Crippen LogP contribution is -2.55. The maximum Gasteiger partial charge on any atom is 0.315 e. The quantitative estimate of drug-likeness (QED) is 0.0569. The largest absolute Gasteiger partial charge is 0.391 e. The molecular weight excluding hydrogens is 689 g/mol. The minimum atomic E-state index is -0.976. The third-order valence-corrected chi connectivity index (χ3v) is 10.9. The molecule has 0 saturated heterocycles. The van der Waals surface area contributed by atoms with E-state index in [0.717, 1.165) is 42.4 Å². The Morgan fingerprint density at radius 3 is 2.18 bits per heavy atom. The van der Waals surface area contributed by atoms with Gasteiger partial charge >= 0.3 is 6.03 Å². The standard InChI is InChI=1S/C45H58N6O4/c1-4-34(31(2)3)25-42(52)40(24-32-14-8-5-9-15-32)50-44(54)41(26-38-28-46-30-49-38)51-43(53)39(37-18-12-7-13-19-37)29-48-45(55)47-27-33-20-22-36(23-21-33)35-16-10-6-11-17-35/h4,6-7,10-13,16-23,28,30-32,34,39-42,52H,1,5,8-9,14-15,24-27,29H2,2-3H3,(H,46,49)(H,50,54)(H,51,53)(H2,47,48,55)/t34-,39+,40+,41+,42+/m1/s1. The molecule has 1 aliphatic rings. The number of urea groups is 1. The molecule has 10 heteroatoms. The molecule has 5 rings (SSSR count). The average Bonchev–Trinajstić information content (AvgIpc) is 3.73. The Labute approximate surface area is 326 Å². The van der Waals surface area contributed by atoms with E-state index in [-0.39, 0.29) is 24.8 Å². The normalized spacial score (nSPS) is 15.9. The van der Waals surface area contributed by atoms with Crippen molar-refractivity contribution >= 4 is 17.8 Å². The zero-order valence-electron chi connectivity index (χ0n) is 32.3. The third kappa shape index (κ3) is 12.7. The van der Waals surface area contributed by atoms with Crippen LogP contribution in [0, 0.1) is 17.8 Å². The Morgan fingerprint density at radius 1 is 0.873 bits per heavy atom. The Morgan fingerprint density at radius 2 is 1.55 bits per heavy atom. The van der Waals surface area contributed by atoms with Crippen LogP contribution in [0.3, 0.4) is 0 Å². The maximum absolute atomic E-state index is 14.2. The molecule has 3 aromatic carbocycles. The van der Waals surface area contributed by atoms with Gasteiger partial charge in [0, 0.05) is 25.7 Å². The van der Waals surface area contributed by atoms with Gasteiger partial charge in [0.1, 0.15) is 6.04 Å². The fourth-order valence-electron chi connectivity index (χ4n) is 7.49. The lowest BCUT2D eigenvalue weighted by molar-refractivity contribution is -0.130. The van der Waals surface area contributed by atoms with Crippen molar-refractivity contribution in [2.24, 2.45) is 17.8 Å². The van der Waals surface area contributed by atoms with Crippen LogP contribution < -0.4 is 21.3 Å². The van der Waals surface area contributed by atoms with Crippen molar-refractivity contribution in [1.82, 2.24) is 31.2 Å². The number of aromatic nitrogens is 2. The van der Waals surface area contributed by atoms with Crippen LogP contribution in [-0.4, -0.2) is 57.7 Å². The number of carbonyl (C=O) groups excluding carboxylic acids is 3. The molecular formula is C45H58N6O4. The number of carbonyl (C=O) groups is 3. The fourth-order valence-corrected chi connectivity index (χ4v) is 7.49. The van der Waals surface area contributed by atoms with E-state index in [2.05, 4.69) is 63.8 Å². The Kier molecular flexibility index (Phi) is 15.7. The molecule has 1 saturated carbocycles. The first-order valence-corrected chi connectivity index (χ1v) is 19.8. The second-order valence-electron chi connectivity index (χ2n) is 15.2. The van der Waals surface area contributed by atoms with Crippen LogP contribution in [0.4, 0.5) is 4.79 Å². The summed E-state index contributed by atoms with van der Waals surface area (Å²) in [7, 11) is 0. The van der Waals surface area contributed by atoms with E-state index in [4.69, 9.17) is 0 Å². The summed E-state index contributed by atoms with van der Waals surface area (Å²) in [5.41, 5.74) is 4.46. The van der Waals surface area contributed by atoms with Gasteiger partial charge in [0.25, 0.3) is 0 Å². The van der Waals surface area contributed by atoms with E-state index in [1.165, 1.54) is 12.7 Å². The van der Waals surface area contributed by atoms with Crippen LogP contribution in [0.1, 0.15) is 81.5 Å². The van der Waals surface area contributed by atoms with Crippen molar-refractivity contribution in [3.05, 3.63) is 127 Å². The number of hydrogen-bond donors (Lipinski definition) is 6. The molecule has 55 heavy (non-hydrogen) atoms. The molecule has 10 nitrogen and oxygen atoms in total. The number of allylic oxidation sites excluding steroid dienone is 1. The summed E-state index contributed by atoms with van der Waals surface area (Å²) in [6.45, 7) is 8.52. The Bertz CT molecular complexity index is 1760. The average molecular weight is 747 g/mol. The Hall–Kier alpha value is -5.22. The van der Waals surface area contributed by atoms with Crippen molar-refractivity contribution in [2.75, 3.05) is 6.54 Å². The lowest BCUT2D eigenvalue weighted by Gasteiger charge is -2.33. The summed E-state index contributed by atoms with van der Waals surface area (Å²) < 4.78 is 0. The molecule has 1 aromatic heterocycles. The minimum Gasteiger partial charge on any atom is -0.391 e. The van der Waals surface area contributed by atoms with Crippen LogP contribution >= 0.6 is 0 Å². The first kappa shape index (κ1) is 41.0. The zero-order valence-corrected chi connectivity index (χ0v) is 32.3. The summed E-state index contributed by atoms with van der Waals surface area (Å²) in [6, 6.07) is 25.4. The molecule has 0 spiro atoms. The first-order chi connectivity index (χ1) is 26.7. The van der Waals surface area contributed by atoms with Crippen LogP contribution in [0.15, 0.2) is 110 Å². The first-order valence-electron chi connectivity index (χ1n) is 19.8. The molecule has 292 valence electrons. The van der Waals surface area contributed by atoms with Gasteiger partial charge in [-0.05, 0) is 52.8 Å². The highest BCUT2D eigenvalue weighted by atomic mass is 16.3. The van der Waals surface area contributed by atoms with Crippen LogP contribution in [0.5, 0.6) is 0 Å². The summed E-state index contributed by atoms with van der Waals surface area (Å²) in [6.07, 6.45) is 11.3. The van der Waals surface area contributed by atoms with Crippen molar-refractivity contribution in [1.29, 1.82) is 0 Å². The molecule has 1 fully saturated rings. The number of benzene rings is 3. The van der Waals surface area contributed by atoms with Gasteiger partial charge in [-0.15, -0.1) is 6.58 Å². The number of nitrogens with zero attached hydrogens (tertiary/aromatic N) is 1. The summed E-state index contributed by atoms with van der Waals surface area (Å²) >= 11 is 0. The number of amides is 4. The zero-order chi connectivity index (χ0) is 39.0. The van der Waals surface area contributed by atoms with Gasteiger partial charge in [0.05, 0.1) is 30.1 Å². The minimum absolute atomic E-state index is 0.00648. The molecule has 4 aromatic rings. The predicted molar refractivity (Wildman–Crippen MR) is 218 cm³/mol. The number of aromatic amines is 1. The van der Waals surface area contributed by atoms with Gasteiger partial charge in [-0.2, -0.15) is 0 Å². The predicted octanol–water partition coefficient (Wildman–Crippen LogP) is 7.05. The number of nitrogens with one attached hydrogen (secondary N) is 5. The molecule has 0 unspecified atom stereocenters.